The monoisotopic (exact) mass is 325 g/mol. The molecule has 19 heavy (non-hydrogen) atoms. The molecular formula is C14H20BrN3O. The van der Waals surface area contributed by atoms with Crippen molar-refractivity contribution in [3.05, 3.63) is 39.0 Å². The summed E-state index contributed by atoms with van der Waals surface area (Å²) < 4.78 is 8.84. The molecular weight excluding hydrogens is 306 g/mol. The highest BCUT2D eigenvalue weighted by molar-refractivity contribution is 9.10. The molecule has 0 aromatic carbocycles. The lowest BCUT2D eigenvalue weighted by atomic mass is 10.2. The Labute approximate surface area is 122 Å². The molecule has 0 atom stereocenters. The maximum Gasteiger partial charge on any atom is 0.125 e. The first-order valence-corrected chi connectivity index (χ1v) is 7.30. The van der Waals surface area contributed by atoms with Gasteiger partial charge in [-0.2, -0.15) is 5.10 Å². The molecule has 104 valence electrons. The number of halogens is 1. The lowest BCUT2D eigenvalue weighted by Gasteiger charge is -2.01. The van der Waals surface area contributed by atoms with Gasteiger partial charge in [0, 0.05) is 12.1 Å². The third kappa shape index (κ3) is 3.09. The molecule has 0 spiro atoms. The van der Waals surface area contributed by atoms with Gasteiger partial charge in [0.15, 0.2) is 0 Å². The van der Waals surface area contributed by atoms with Crippen molar-refractivity contribution < 1.29 is 4.42 Å². The molecule has 0 radical (unpaired) electrons. The van der Waals surface area contributed by atoms with Crippen LogP contribution in [0, 0.1) is 20.8 Å². The van der Waals surface area contributed by atoms with Gasteiger partial charge in [-0.05, 0) is 49.3 Å². The zero-order valence-electron chi connectivity index (χ0n) is 11.9. The van der Waals surface area contributed by atoms with E-state index in [9.17, 15) is 0 Å². The molecule has 4 nitrogen and oxygen atoms in total. The standard InChI is InChI=1S/C14H20BrN3O/c1-5-16-7-12-6-13(19-11(12)4)8-18-10(3)14(15)9(2)17-18/h6,16H,5,7-8H2,1-4H3. The average Bonchev–Trinajstić information content (AvgIpc) is 2.83. The van der Waals surface area contributed by atoms with Crippen molar-refractivity contribution in [2.24, 2.45) is 0 Å². The number of hydrogen-bond donors (Lipinski definition) is 1. The van der Waals surface area contributed by atoms with Gasteiger partial charge in [-0.25, -0.2) is 0 Å². The van der Waals surface area contributed by atoms with E-state index in [1.807, 2.05) is 18.5 Å². The fourth-order valence-electron chi connectivity index (χ4n) is 2.08. The highest BCUT2D eigenvalue weighted by atomic mass is 79.9. The zero-order chi connectivity index (χ0) is 14.0. The summed E-state index contributed by atoms with van der Waals surface area (Å²) in [6.45, 7) is 10.6. The van der Waals surface area contributed by atoms with Gasteiger partial charge in [0.05, 0.1) is 22.4 Å². The van der Waals surface area contributed by atoms with Crippen molar-refractivity contribution in [3.63, 3.8) is 0 Å². The minimum atomic E-state index is 0.672. The lowest BCUT2D eigenvalue weighted by Crippen LogP contribution is -2.11. The van der Waals surface area contributed by atoms with E-state index in [1.165, 1.54) is 5.56 Å². The third-order valence-corrected chi connectivity index (χ3v) is 4.38. The van der Waals surface area contributed by atoms with E-state index in [0.29, 0.717) is 6.54 Å². The van der Waals surface area contributed by atoms with Crippen LogP contribution < -0.4 is 5.32 Å². The summed E-state index contributed by atoms with van der Waals surface area (Å²) in [5.74, 6) is 1.93. The minimum absolute atomic E-state index is 0.672. The van der Waals surface area contributed by atoms with Crippen molar-refractivity contribution in [3.8, 4) is 0 Å². The Morgan fingerprint density at radius 2 is 2.11 bits per heavy atom. The van der Waals surface area contributed by atoms with E-state index in [-0.39, 0.29) is 0 Å². The van der Waals surface area contributed by atoms with Crippen LogP contribution in [-0.2, 0) is 13.1 Å². The Hall–Kier alpha value is -1.07. The van der Waals surface area contributed by atoms with Gasteiger partial charge in [-0.3, -0.25) is 4.68 Å². The molecule has 0 amide bonds. The molecule has 2 aromatic rings. The molecule has 2 rings (SSSR count). The van der Waals surface area contributed by atoms with E-state index < -0.39 is 0 Å². The highest BCUT2D eigenvalue weighted by Gasteiger charge is 2.12. The van der Waals surface area contributed by atoms with Gasteiger partial charge in [-0.1, -0.05) is 6.92 Å². The topological polar surface area (TPSA) is 43.0 Å². The van der Waals surface area contributed by atoms with Crippen molar-refractivity contribution in [1.82, 2.24) is 15.1 Å². The van der Waals surface area contributed by atoms with E-state index >= 15 is 0 Å². The number of nitrogens with one attached hydrogen (secondary N) is 1. The third-order valence-electron chi connectivity index (χ3n) is 3.24. The fourth-order valence-corrected chi connectivity index (χ4v) is 2.36. The van der Waals surface area contributed by atoms with Gasteiger partial charge in [0.1, 0.15) is 11.5 Å². The largest absolute Gasteiger partial charge is 0.464 e. The molecule has 0 saturated heterocycles. The summed E-state index contributed by atoms with van der Waals surface area (Å²) in [6.07, 6.45) is 0. The molecule has 0 aliphatic carbocycles. The number of hydrogen-bond acceptors (Lipinski definition) is 3. The summed E-state index contributed by atoms with van der Waals surface area (Å²) >= 11 is 3.54. The van der Waals surface area contributed by atoms with E-state index in [0.717, 1.165) is 40.5 Å². The van der Waals surface area contributed by atoms with Crippen LogP contribution in [0.3, 0.4) is 0 Å². The zero-order valence-corrected chi connectivity index (χ0v) is 13.5. The van der Waals surface area contributed by atoms with E-state index in [2.05, 4.69) is 46.3 Å². The van der Waals surface area contributed by atoms with Gasteiger partial charge in [0.25, 0.3) is 0 Å². The second-order valence-electron chi connectivity index (χ2n) is 4.72. The van der Waals surface area contributed by atoms with E-state index in [1.54, 1.807) is 0 Å². The summed E-state index contributed by atoms with van der Waals surface area (Å²) in [7, 11) is 0. The quantitative estimate of drug-likeness (QED) is 0.917. The first-order valence-electron chi connectivity index (χ1n) is 6.51. The molecule has 0 aliphatic heterocycles. The van der Waals surface area contributed by atoms with Crippen LogP contribution in [0.4, 0.5) is 0 Å². The minimum Gasteiger partial charge on any atom is -0.464 e. The van der Waals surface area contributed by atoms with Crippen LogP contribution >= 0.6 is 15.9 Å². The maximum absolute atomic E-state index is 5.80. The number of rotatable bonds is 5. The summed E-state index contributed by atoms with van der Waals surface area (Å²) in [4.78, 5) is 0. The predicted molar refractivity (Wildman–Crippen MR) is 79.3 cm³/mol. The normalized spacial score (nSPS) is 11.2. The number of aryl methyl sites for hydroxylation is 2. The van der Waals surface area contributed by atoms with E-state index in [4.69, 9.17) is 4.42 Å². The molecule has 0 fully saturated rings. The van der Waals surface area contributed by atoms with Crippen LogP contribution in [0.2, 0.25) is 0 Å². The van der Waals surface area contributed by atoms with Crippen molar-refractivity contribution in [2.75, 3.05) is 6.54 Å². The Bertz CT molecular complexity index is 571. The van der Waals surface area contributed by atoms with Gasteiger partial charge >= 0.3 is 0 Å². The van der Waals surface area contributed by atoms with Crippen molar-refractivity contribution >= 4 is 15.9 Å². The molecule has 2 aromatic heterocycles. The fraction of sp³-hybridized carbons (Fsp3) is 0.500. The predicted octanol–water partition coefficient (Wildman–Crippen LogP) is 3.32. The molecule has 1 N–H and O–H groups in total. The number of aromatic nitrogens is 2. The Morgan fingerprint density at radius 3 is 2.68 bits per heavy atom. The molecule has 5 heteroatoms. The Morgan fingerprint density at radius 1 is 1.37 bits per heavy atom. The SMILES string of the molecule is CCNCc1cc(Cn2nc(C)c(Br)c2C)oc1C. The lowest BCUT2D eigenvalue weighted by molar-refractivity contribution is 0.453. The van der Waals surface area contributed by atoms with Crippen LogP contribution in [0.1, 0.15) is 35.4 Å². The van der Waals surface area contributed by atoms with Gasteiger partial charge < -0.3 is 9.73 Å². The van der Waals surface area contributed by atoms with Crippen molar-refractivity contribution in [2.45, 2.75) is 40.8 Å². The van der Waals surface area contributed by atoms with Crippen LogP contribution in [0.15, 0.2) is 15.0 Å². The summed E-state index contributed by atoms with van der Waals surface area (Å²) in [5, 5.41) is 7.82. The summed E-state index contributed by atoms with van der Waals surface area (Å²) in [5.41, 5.74) is 3.35. The second kappa shape index (κ2) is 5.92. The van der Waals surface area contributed by atoms with Gasteiger partial charge in [0.2, 0.25) is 0 Å². The molecule has 0 unspecified atom stereocenters. The smallest absolute Gasteiger partial charge is 0.125 e. The van der Waals surface area contributed by atoms with Crippen LogP contribution in [0.25, 0.3) is 0 Å². The van der Waals surface area contributed by atoms with Crippen LogP contribution in [-0.4, -0.2) is 16.3 Å². The molecule has 0 aliphatic rings. The number of furan rings is 1. The van der Waals surface area contributed by atoms with Crippen LogP contribution in [0.5, 0.6) is 0 Å². The Balaban J connectivity index is 2.17. The molecule has 0 saturated carbocycles. The first kappa shape index (κ1) is 14.3. The Kier molecular flexibility index (Phi) is 4.47. The molecule has 2 heterocycles. The highest BCUT2D eigenvalue weighted by Crippen LogP contribution is 2.22. The number of nitrogens with zero attached hydrogens (tertiary/aromatic N) is 2. The maximum atomic E-state index is 5.80. The first-order chi connectivity index (χ1) is 9.02. The molecule has 0 bridgehead atoms. The van der Waals surface area contributed by atoms with Gasteiger partial charge in [-0.15, -0.1) is 0 Å². The average molecular weight is 326 g/mol. The van der Waals surface area contributed by atoms with Crippen molar-refractivity contribution in [1.29, 1.82) is 0 Å². The second-order valence-corrected chi connectivity index (χ2v) is 5.51. The summed E-state index contributed by atoms with van der Waals surface area (Å²) in [6, 6.07) is 2.11.